The van der Waals surface area contributed by atoms with Crippen molar-refractivity contribution in [1.82, 2.24) is 10.2 Å². The summed E-state index contributed by atoms with van der Waals surface area (Å²) in [5, 5.41) is 3.41. The molecule has 4 heteroatoms. The SMILES string of the molecule is CC1CCN(C(=O)CC2CCCNCC2)C(CN)C1. The molecule has 0 radical (unpaired) electrons. The van der Waals surface area contributed by atoms with Crippen LogP contribution in [0.15, 0.2) is 0 Å². The molecule has 0 saturated carbocycles. The summed E-state index contributed by atoms with van der Waals surface area (Å²) in [6, 6.07) is 0.278. The molecule has 2 rings (SSSR count). The third-order valence-electron chi connectivity index (χ3n) is 4.73. The molecule has 0 aromatic carbocycles. The van der Waals surface area contributed by atoms with Crippen molar-refractivity contribution < 1.29 is 4.79 Å². The van der Waals surface area contributed by atoms with E-state index >= 15 is 0 Å². The average molecular weight is 267 g/mol. The van der Waals surface area contributed by atoms with Gasteiger partial charge in [0.2, 0.25) is 5.91 Å². The number of carbonyl (C=O) groups excluding carboxylic acids is 1. The molecule has 3 unspecified atom stereocenters. The fraction of sp³-hybridized carbons (Fsp3) is 0.933. The van der Waals surface area contributed by atoms with Crippen molar-refractivity contribution in [1.29, 1.82) is 0 Å². The number of rotatable bonds is 3. The van der Waals surface area contributed by atoms with Crippen LogP contribution in [-0.4, -0.2) is 43.0 Å². The molecule has 2 aliphatic heterocycles. The number of nitrogens with zero attached hydrogens (tertiary/aromatic N) is 1. The number of hydrogen-bond donors (Lipinski definition) is 2. The first-order chi connectivity index (χ1) is 9.20. The molecule has 2 aliphatic rings. The molecular formula is C15H29N3O. The fourth-order valence-electron chi connectivity index (χ4n) is 3.46. The van der Waals surface area contributed by atoms with Crippen LogP contribution in [0, 0.1) is 11.8 Å². The molecule has 0 aliphatic carbocycles. The Hall–Kier alpha value is -0.610. The Balaban J connectivity index is 1.87. The molecule has 0 spiro atoms. The predicted octanol–water partition coefficient (Wildman–Crippen LogP) is 1.35. The van der Waals surface area contributed by atoms with Crippen molar-refractivity contribution in [3.05, 3.63) is 0 Å². The van der Waals surface area contributed by atoms with E-state index in [1.807, 2.05) is 0 Å². The van der Waals surface area contributed by atoms with Crippen LogP contribution >= 0.6 is 0 Å². The van der Waals surface area contributed by atoms with Crippen LogP contribution in [0.2, 0.25) is 0 Å². The quantitative estimate of drug-likeness (QED) is 0.811. The third-order valence-corrected chi connectivity index (χ3v) is 4.73. The summed E-state index contributed by atoms with van der Waals surface area (Å²) in [4.78, 5) is 14.6. The molecular weight excluding hydrogens is 238 g/mol. The summed E-state index contributed by atoms with van der Waals surface area (Å²) in [6.07, 6.45) is 6.48. The number of hydrogen-bond acceptors (Lipinski definition) is 3. The minimum Gasteiger partial charge on any atom is -0.338 e. The Morgan fingerprint density at radius 3 is 2.95 bits per heavy atom. The highest BCUT2D eigenvalue weighted by molar-refractivity contribution is 5.77. The van der Waals surface area contributed by atoms with E-state index in [0.717, 1.165) is 45.3 Å². The van der Waals surface area contributed by atoms with Gasteiger partial charge in [0, 0.05) is 25.6 Å². The van der Waals surface area contributed by atoms with E-state index in [4.69, 9.17) is 5.73 Å². The number of nitrogens with one attached hydrogen (secondary N) is 1. The molecule has 0 bridgehead atoms. The molecule has 2 fully saturated rings. The first-order valence-electron chi connectivity index (χ1n) is 7.91. The van der Waals surface area contributed by atoms with Crippen LogP contribution in [0.3, 0.4) is 0 Å². The van der Waals surface area contributed by atoms with Crippen LogP contribution in [0.1, 0.15) is 45.4 Å². The van der Waals surface area contributed by atoms with Crippen molar-refractivity contribution in [2.75, 3.05) is 26.2 Å². The summed E-state index contributed by atoms with van der Waals surface area (Å²) < 4.78 is 0. The van der Waals surface area contributed by atoms with Gasteiger partial charge >= 0.3 is 0 Å². The highest BCUT2D eigenvalue weighted by Crippen LogP contribution is 2.25. The van der Waals surface area contributed by atoms with Crippen molar-refractivity contribution in [3.63, 3.8) is 0 Å². The van der Waals surface area contributed by atoms with Crippen LogP contribution in [0.25, 0.3) is 0 Å². The maximum absolute atomic E-state index is 12.5. The normalized spacial score (nSPS) is 32.9. The molecule has 2 saturated heterocycles. The Labute approximate surface area is 117 Å². The van der Waals surface area contributed by atoms with Gasteiger partial charge in [-0.05, 0) is 57.0 Å². The van der Waals surface area contributed by atoms with E-state index in [1.165, 1.54) is 12.8 Å². The zero-order valence-corrected chi connectivity index (χ0v) is 12.2. The van der Waals surface area contributed by atoms with Gasteiger partial charge in [0.15, 0.2) is 0 Å². The summed E-state index contributed by atoms with van der Waals surface area (Å²) >= 11 is 0. The third kappa shape index (κ3) is 4.18. The minimum absolute atomic E-state index is 0.278. The van der Waals surface area contributed by atoms with Gasteiger partial charge < -0.3 is 16.0 Å². The van der Waals surface area contributed by atoms with Gasteiger partial charge in [0.25, 0.3) is 0 Å². The molecule has 4 nitrogen and oxygen atoms in total. The second-order valence-corrected chi connectivity index (χ2v) is 6.36. The first kappa shape index (κ1) is 14.8. The first-order valence-corrected chi connectivity index (χ1v) is 7.91. The smallest absolute Gasteiger partial charge is 0.223 e. The zero-order valence-electron chi connectivity index (χ0n) is 12.2. The molecule has 19 heavy (non-hydrogen) atoms. The van der Waals surface area contributed by atoms with Gasteiger partial charge in [-0.2, -0.15) is 0 Å². The standard InChI is InChI=1S/C15H29N3O/c1-12-5-8-18(14(9-12)11-16)15(19)10-13-3-2-6-17-7-4-13/h12-14,17H,2-11,16H2,1H3. The van der Waals surface area contributed by atoms with Gasteiger partial charge in [-0.1, -0.05) is 6.92 Å². The van der Waals surface area contributed by atoms with E-state index in [-0.39, 0.29) is 6.04 Å². The lowest BCUT2D eigenvalue weighted by molar-refractivity contribution is -0.136. The lowest BCUT2D eigenvalue weighted by Gasteiger charge is -2.38. The molecule has 0 aromatic rings. The van der Waals surface area contributed by atoms with E-state index in [9.17, 15) is 4.79 Å². The number of likely N-dealkylation sites (tertiary alicyclic amines) is 1. The second kappa shape index (κ2) is 7.25. The number of piperidine rings is 1. The maximum Gasteiger partial charge on any atom is 0.223 e. The summed E-state index contributed by atoms with van der Waals surface area (Å²) in [6.45, 7) is 5.96. The summed E-state index contributed by atoms with van der Waals surface area (Å²) in [5.41, 5.74) is 5.85. The van der Waals surface area contributed by atoms with E-state index in [0.29, 0.717) is 24.3 Å². The predicted molar refractivity (Wildman–Crippen MR) is 77.8 cm³/mol. The monoisotopic (exact) mass is 267 g/mol. The van der Waals surface area contributed by atoms with Gasteiger partial charge in [-0.25, -0.2) is 0 Å². The fourth-order valence-corrected chi connectivity index (χ4v) is 3.46. The van der Waals surface area contributed by atoms with Crippen molar-refractivity contribution in [2.45, 2.75) is 51.5 Å². The van der Waals surface area contributed by atoms with E-state index in [1.54, 1.807) is 0 Å². The molecule has 110 valence electrons. The Morgan fingerprint density at radius 1 is 1.32 bits per heavy atom. The molecule has 2 heterocycles. The Morgan fingerprint density at radius 2 is 2.16 bits per heavy atom. The van der Waals surface area contributed by atoms with E-state index in [2.05, 4.69) is 17.1 Å². The number of carbonyl (C=O) groups is 1. The highest BCUT2D eigenvalue weighted by atomic mass is 16.2. The van der Waals surface area contributed by atoms with Crippen LogP contribution < -0.4 is 11.1 Å². The number of nitrogens with two attached hydrogens (primary N) is 1. The van der Waals surface area contributed by atoms with Crippen molar-refractivity contribution in [2.24, 2.45) is 17.6 Å². The topological polar surface area (TPSA) is 58.4 Å². The lowest BCUT2D eigenvalue weighted by Crippen LogP contribution is -2.49. The summed E-state index contributed by atoms with van der Waals surface area (Å²) in [7, 11) is 0. The minimum atomic E-state index is 0.278. The highest BCUT2D eigenvalue weighted by Gasteiger charge is 2.30. The van der Waals surface area contributed by atoms with Crippen molar-refractivity contribution >= 4 is 5.91 Å². The van der Waals surface area contributed by atoms with Gasteiger partial charge in [-0.15, -0.1) is 0 Å². The van der Waals surface area contributed by atoms with Gasteiger partial charge in [0.1, 0.15) is 0 Å². The van der Waals surface area contributed by atoms with Crippen molar-refractivity contribution in [3.8, 4) is 0 Å². The van der Waals surface area contributed by atoms with Crippen LogP contribution in [0.4, 0.5) is 0 Å². The van der Waals surface area contributed by atoms with Gasteiger partial charge in [0.05, 0.1) is 0 Å². The summed E-state index contributed by atoms with van der Waals surface area (Å²) in [5.74, 6) is 1.62. The zero-order chi connectivity index (χ0) is 13.7. The lowest BCUT2D eigenvalue weighted by atomic mass is 9.90. The van der Waals surface area contributed by atoms with Crippen LogP contribution in [-0.2, 0) is 4.79 Å². The molecule has 3 atom stereocenters. The second-order valence-electron chi connectivity index (χ2n) is 6.36. The molecule has 1 amide bonds. The Kier molecular flexibility index (Phi) is 5.64. The van der Waals surface area contributed by atoms with Gasteiger partial charge in [-0.3, -0.25) is 4.79 Å². The molecule has 0 aromatic heterocycles. The molecule has 3 N–H and O–H groups in total. The maximum atomic E-state index is 12.5. The van der Waals surface area contributed by atoms with Crippen LogP contribution in [0.5, 0.6) is 0 Å². The average Bonchev–Trinajstić information content (AvgIpc) is 2.67. The largest absolute Gasteiger partial charge is 0.338 e. The number of amides is 1. The van der Waals surface area contributed by atoms with E-state index < -0.39 is 0 Å². The Bertz CT molecular complexity index is 287.